The minimum absolute atomic E-state index is 0.133. The number of hydrogen-bond donors (Lipinski definition) is 1. The lowest BCUT2D eigenvalue weighted by atomic mass is 10.0. The van der Waals surface area contributed by atoms with Gasteiger partial charge in [0.2, 0.25) is 0 Å². The number of anilines is 2. The summed E-state index contributed by atoms with van der Waals surface area (Å²) >= 11 is 0. The molecule has 1 fully saturated rings. The molecule has 1 aliphatic rings. The third-order valence-electron chi connectivity index (χ3n) is 5.27. The van der Waals surface area contributed by atoms with Gasteiger partial charge in [0.25, 0.3) is 5.91 Å². The summed E-state index contributed by atoms with van der Waals surface area (Å²) in [6.07, 6.45) is 1.70. The van der Waals surface area contributed by atoms with E-state index >= 15 is 0 Å². The normalized spacial score (nSPS) is 14.5. The van der Waals surface area contributed by atoms with Gasteiger partial charge in [-0.15, -0.1) is 0 Å². The fraction of sp³-hybridized carbons (Fsp3) is 0.333. The number of nitrogens with zero attached hydrogens (tertiary/aromatic N) is 3. The second-order valence-electron chi connectivity index (χ2n) is 7.74. The Labute approximate surface area is 173 Å². The van der Waals surface area contributed by atoms with Gasteiger partial charge in [-0.25, -0.2) is 0 Å². The molecule has 150 valence electrons. The van der Waals surface area contributed by atoms with E-state index in [1.807, 2.05) is 32.9 Å². The Morgan fingerprint density at radius 1 is 1.00 bits per heavy atom. The molecule has 0 bridgehead atoms. The lowest BCUT2D eigenvalue weighted by molar-refractivity contribution is -0.112. The van der Waals surface area contributed by atoms with Crippen molar-refractivity contribution >= 4 is 17.3 Å². The predicted molar refractivity (Wildman–Crippen MR) is 118 cm³/mol. The molecule has 3 rings (SSSR count). The number of carbonyl (C=O) groups excluding carboxylic acids is 1. The summed E-state index contributed by atoms with van der Waals surface area (Å²) in [4.78, 5) is 17.1. The highest BCUT2D eigenvalue weighted by molar-refractivity contribution is 6.07. The zero-order chi connectivity index (χ0) is 21.0. The van der Waals surface area contributed by atoms with Crippen molar-refractivity contribution in [3.05, 3.63) is 70.4 Å². The molecule has 0 aromatic heterocycles. The summed E-state index contributed by atoms with van der Waals surface area (Å²) in [5.74, 6) is -0.358. The number of piperazine rings is 1. The maximum absolute atomic E-state index is 12.7. The van der Waals surface area contributed by atoms with E-state index in [1.165, 1.54) is 11.3 Å². The van der Waals surface area contributed by atoms with Gasteiger partial charge in [-0.1, -0.05) is 29.8 Å². The van der Waals surface area contributed by atoms with Crippen molar-refractivity contribution in [2.24, 2.45) is 0 Å². The largest absolute Gasteiger partial charge is 0.373 e. The highest BCUT2D eigenvalue weighted by Gasteiger charge is 2.18. The number of aryl methyl sites for hydroxylation is 4. The first-order chi connectivity index (χ1) is 13.9. The molecule has 0 atom stereocenters. The molecule has 0 unspecified atom stereocenters. The molecule has 5 heteroatoms. The number of rotatable bonds is 4. The van der Waals surface area contributed by atoms with E-state index in [9.17, 15) is 10.1 Å². The van der Waals surface area contributed by atoms with Gasteiger partial charge in [-0.2, -0.15) is 5.26 Å². The predicted octanol–water partition coefficient (Wildman–Crippen LogP) is 4.09. The van der Waals surface area contributed by atoms with E-state index in [4.69, 9.17) is 0 Å². The quantitative estimate of drug-likeness (QED) is 0.633. The third kappa shape index (κ3) is 4.97. The van der Waals surface area contributed by atoms with Crippen molar-refractivity contribution in [1.82, 2.24) is 4.90 Å². The molecule has 0 spiro atoms. The van der Waals surface area contributed by atoms with Crippen molar-refractivity contribution in [2.45, 2.75) is 27.7 Å². The van der Waals surface area contributed by atoms with Gasteiger partial charge in [0.15, 0.2) is 0 Å². The number of nitrogens with one attached hydrogen (secondary N) is 1. The van der Waals surface area contributed by atoms with Gasteiger partial charge in [0.05, 0.1) is 0 Å². The van der Waals surface area contributed by atoms with Gasteiger partial charge in [0.1, 0.15) is 11.6 Å². The monoisotopic (exact) mass is 388 g/mol. The van der Waals surface area contributed by atoms with Crippen LogP contribution >= 0.6 is 0 Å². The van der Waals surface area contributed by atoms with Crippen molar-refractivity contribution < 1.29 is 4.79 Å². The SMILES string of the molecule is Cc1cccc(N2CCN(/C=C(/C#N)C(=O)Nc3c(C)cc(C)cc3C)CC2)c1. The molecule has 0 radical (unpaired) electrons. The van der Waals surface area contributed by atoms with Gasteiger partial charge in [-0.3, -0.25) is 4.79 Å². The van der Waals surface area contributed by atoms with Crippen LogP contribution in [0.5, 0.6) is 0 Å². The van der Waals surface area contributed by atoms with Crippen LogP contribution in [0.25, 0.3) is 0 Å². The molecule has 0 aliphatic carbocycles. The third-order valence-corrected chi connectivity index (χ3v) is 5.27. The number of nitriles is 1. The van der Waals surface area contributed by atoms with Crippen LogP contribution in [0.4, 0.5) is 11.4 Å². The molecule has 1 saturated heterocycles. The van der Waals surface area contributed by atoms with Gasteiger partial charge in [0, 0.05) is 43.8 Å². The molecule has 0 saturated carbocycles. The Balaban J connectivity index is 1.66. The second-order valence-corrected chi connectivity index (χ2v) is 7.74. The smallest absolute Gasteiger partial charge is 0.267 e. The average molecular weight is 389 g/mol. The fourth-order valence-corrected chi connectivity index (χ4v) is 3.81. The summed E-state index contributed by atoms with van der Waals surface area (Å²) in [6.45, 7) is 11.3. The Kier molecular flexibility index (Phi) is 6.23. The molecule has 2 aromatic rings. The van der Waals surface area contributed by atoms with E-state index in [-0.39, 0.29) is 11.5 Å². The molecule has 1 amide bonds. The van der Waals surface area contributed by atoms with Crippen LogP contribution in [0.1, 0.15) is 22.3 Å². The zero-order valence-electron chi connectivity index (χ0n) is 17.6. The molecule has 1 aliphatic heterocycles. The van der Waals surface area contributed by atoms with Gasteiger partial charge in [-0.05, 0) is 56.5 Å². The van der Waals surface area contributed by atoms with Crippen LogP contribution < -0.4 is 10.2 Å². The van der Waals surface area contributed by atoms with E-state index in [1.54, 1.807) is 6.20 Å². The standard InChI is InChI=1S/C24H28N4O/c1-17-6-5-7-22(14-17)28-10-8-27(9-11-28)16-21(15-25)24(29)26-23-19(3)12-18(2)13-20(23)4/h5-7,12-14,16H,8-11H2,1-4H3,(H,26,29)/b21-16-. The topological polar surface area (TPSA) is 59.4 Å². The first-order valence-electron chi connectivity index (χ1n) is 9.94. The lowest BCUT2D eigenvalue weighted by Gasteiger charge is -2.35. The van der Waals surface area contributed by atoms with Crippen LogP contribution in [0.15, 0.2) is 48.2 Å². The van der Waals surface area contributed by atoms with Crippen LogP contribution in [0.2, 0.25) is 0 Å². The van der Waals surface area contributed by atoms with Crippen molar-refractivity contribution in [3.8, 4) is 6.07 Å². The molecule has 2 aromatic carbocycles. The second kappa shape index (κ2) is 8.83. The molecular formula is C24H28N4O. The minimum atomic E-state index is -0.358. The maximum Gasteiger partial charge on any atom is 0.267 e. The Bertz CT molecular complexity index is 956. The summed E-state index contributed by atoms with van der Waals surface area (Å²) in [5.41, 5.74) is 6.53. The summed E-state index contributed by atoms with van der Waals surface area (Å²) in [5, 5.41) is 12.5. The summed E-state index contributed by atoms with van der Waals surface area (Å²) in [7, 11) is 0. The number of amides is 1. The van der Waals surface area contributed by atoms with Gasteiger partial charge >= 0.3 is 0 Å². The fourth-order valence-electron chi connectivity index (χ4n) is 3.81. The molecule has 1 N–H and O–H groups in total. The Morgan fingerprint density at radius 3 is 2.24 bits per heavy atom. The lowest BCUT2D eigenvalue weighted by Crippen LogP contribution is -2.44. The Morgan fingerprint density at radius 2 is 1.66 bits per heavy atom. The van der Waals surface area contributed by atoms with Crippen LogP contribution in [0.3, 0.4) is 0 Å². The summed E-state index contributed by atoms with van der Waals surface area (Å²) in [6, 6.07) is 14.6. The maximum atomic E-state index is 12.7. The first kappa shape index (κ1) is 20.5. The van der Waals surface area contributed by atoms with E-state index < -0.39 is 0 Å². The average Bonchev–Trinajstić information content (AvgIpc) is 2.69. The van der Waals surface area contributed by atoms with Crippen LogP contribution in [-0.2, 0) is 4.79 Å². The molecule has 29 heavy (non-hydrogen) atoms. The van der Waals surface area contributed by atoms with Crippen molar-refractivity contribution in [1.29, 1.82) is 5.26 Å². The van der Waals surface area contributed by atoms with Crippen LogP contribution in [-0.4, -0.2) is 37.0 Å². The van der Waals surface area contributed by atoms with E-state index in [0.29, 0.717) is 0 Å². The van der Waals surface area contributed by atoms with Gasteiger partial charge < -0.3 is 15.1 Å². The molecular weight excluding hydrogens is 360 g/mol. The highest BCUT2D eigenvalue weighted by Crippen LogP contribution is 2.23. The van der Waals surface area contributed by atoms with Crippen molar-refractivity contribution in [3.63, 3.8) is 0 Å². The van der Waals surface area contributed by atoms with Crippen LogP contribution in [0, 0.1) is 39.0 Å². The minimum Gasteiger partial charge on any atom is -0.373 e. The van der Waals surface area contributed by atoms with E-state index in [2.05, 4.69) is 52.4 Å². The first-order valence-corrected chi connectivity index (χ1v) is 9.94. The zero-order valence-corrected chi connectivity index (χ0v) is 17.6. The Hall–Kier alpha value is -3.26. The molecule has 5 nitrogen and oxygen atoms in total. The van der Waals surface area contributed by atoms with Crippen molar-refractivity contribution in [2.75, 3.05) is 36.4 Å². The van der Waals surface area contributed by atoms with E-state index in [0.717, 1.165) is 48.6 Å². The highest BCUT2D eigenvalue weighted by atomic mass is 16.1. The number of benzene rings is 2. The number of carbonyl (C=O) groups is 1. The number of hydrogen-bond acceptors (Lipinski definition) is 4. The molecule has 1 heterocycles. The summed E-state index contributed by atoms with van der Waals surface area (Å²) < 4.78 is 0.